The molecule has 1 atom stereocenters. The van der Waals surface area contributed by atoms with E-state index in [1.165, 1.54) is 11.8 Å². The molecule has 0 aliphatic rings. The third-order valence-electron chi connectivity index (χ3n) is 3.11. The zero-order valence-electron chi connectivity index (χ0n) is 13.4. The highest BCUT2D eigenvalue weighted by Gasteiger charge is 2.06. The van der Waals surface area contributed by atoms with E-state index < -0.39 is 9.84 Å². The molecule has 1 aromatic carbocycles. The average molecular weight is 313 g/mol. The lowest BCUT2D eigenvalue weighted by atomic mass is 10.1. The Balaban J connectivity index is 2.38. The molecule has 1 unspecified atom stereocenters. The van der Waals surface area contributed by atoms with E-state index in [1.54, 1.807) is 0 Å². The Morgan fingerprint density at radius 1 is 1.14 bits per heavy atom. The van der Waals surface area contributed by atoms with E-state index in [0.717, 1.165) is 12.4 Å². The lowest BCUT2D eigenvalue weighted by Crippen LogP contribution is -2.21. The maximum Gasteiger partial charge on any atom is 0.147 e. The molecule has 21 heavy (non-hydrogen) atoms. The highest BCUT2D eigenvalue weighted by molar-refractivity contribution is 7.90. The lowest BCUT2D eigenvalue weighted by Gasteiger charge is -2.15. The van der Waals surface area contributed by atoms with Gasteiger partial charge in [0.25, 0.3) is 0 Å². The van der Waals surface area contributed by atoms with Crippen molar-refractivity contribution in [2.45, 2.75) is 33.2 Å². The van der Waals surface area contributed by atoms with Crippen molar-refractivity contribution in [3.05, 3.63) is 29.8 Å². The van der Waals surface area contributed by atoms with Crippen molar-refractivity contribution in [3.63, 3.8) is 0 Å². The Morgan fingerprint density at radius 2 is 1.76 bits per heavy atom. The van der Waals surface area contributed by atoms with Gasteiger partial charge in [-0.05, 0) is 43.5 Å². The Bertz CT molecular complexity index is 509. The summed E-state index contributed by atoms with van der Waals surface area (Å²) in [5, 5.41) is 3.34. The number of nitrogens with one attached hydrogen (secondary N) is 1. The monoisotopic (exact) mass is 313 g/mol. The molecule has 1 rings (SSSR count). The standard InChI is InChI=1S/C16H27NO3S/c1-13(2)12-20-16-8-6-15(7-9-16)14(3)17-10-5-11-21(4,18)19/h6-9,13-14,17H,5,10-12H2,1-4H3. The minimum atomic E-state index is -2.86. The van der Waals surface area contributed by atoms with E-state index in [-0.39, 0.29) is 11.8 Å². The predicted octanol–water partition coefficient (Wildman–Crippen LogP) is 2.81. The summed E-state index contributed by atoms with van der Waals surface area (Å²) in [6, 6.07) is 8.25. The maximum absolute atomic E-state index is 11.1. The molecule has 5 heteroatoms. The summed E-state index contributed by atoms with van der Waals surface area (Å²) in [7, 11) is -2.86. The molecule has 0 fully saturated rings. The predicted molar refractivity (Wildman–Crippen MR) is 87.5 cm³/mol. The van der Waals surface area contributed by atoms with Crippen molar-refractivity contribution in [2.75, 3.05) is 25.2 Å². The van der Waals surface area contributed by atoms with E-state index >= 15 is 0 Å². The van der Waals surface area contributed by atoms with Crippen molar-refractivity contribution in [3.8, 4) is 5.75 Å². The second-order valence-electron chi connectivity index (χ2n) is 5.93. The fraction of sp³-hybridized carbons (Fsp3) is 0.625. The third kappa shape index (κ3) is 8.07. The van der Waals surface area contributed by atoms with Crippen molar-refractivity contribution >= 4 is 9.84 Å². The first kappa shape index (κ1) is 18.0. The third-order valence-corrected chi connectivity index (χ3v) is 4.14. The second kappa shape index (κ2) is 8.39. The first-order valence-corrected chi connectivity index (χ1v) is 9.48. The van der Waals surface area contributed by atoms with Crippen LogP contribution in [-0.2, 0) is 9.84 Å². The zero-order valence-corrected chi connectivity index (χ0v) is 14.2. The van der Waals surface area contributed by atoms with Crippen LogP contribution in [0.25, 0.3) is 0 Å². The van der Waals surface area contributed by atoms with Gasteiger partial charge in [-0.1, -0.05) is 26.0 Å². The normalized spacial score (nSPS) is 13.4. The Hall–Kier alpha value is -1.07. The topological polar surface area (TPSA) is 55.4 Å². The van der Waals surface area contributed by atoms with Gasteiger partial charge in [-0.3, -0.25) is 0 Å². The highest BCUT2D eigenvalue weighted by atomic mass is 32.2. The van der Waals surface area contributed by atoms with Crippen LogP contribution in [0.4, 0.5) is 0 Å². The van der Waals surface area contributed by atoms with Crippen molar-refractivity contribution in [1.29, 1.82) is 0 Å². The molecular weight excluding hydrogens is 286 g/mol. The summed E-state index contributed by atoms with van der Waals surface area (Å²) < 4.78 is 27.8. The molecule has 0 radical (unpaired) electrons. The van der Waals surface area contributed by atoms with Crippen molar-refractivity contribution < 1.29 is 13.2 Å². The minimum Gasteiger partial charge on any atom is -0.493 e. The minimum absolute atomic E-state index is 0.198. The first-order valence-electron chi connectivity index (χ1n) is 7.42. The van der Waals surface area contributed by atoms with Crippen molar-refractivity contribution in [2.24, 2.45) is 5.92 Å². The quantitative estimate of drug-likeness (QED) is 0.712. The van der Waals surface area contributed by atoms with Gasteiger partial charge in [0.15, 0.2) is 0 Å². The van der Waals surface area contributed by atoms with E-state index in [0.29, 0.717) is 18.9 Å². The SMILES string of the molecule is CC(C)COc1ccc(C(C)NCCCS(C)(=O)=O)cc1. The maximum atomic E-state index is 11.1. The molecule has 0 saturated carbocycles. The van der Waals surface area contributed by atoms with Gasteiger partial charge in [0, 0.05) is 12.3 Å². The van der Waals surface area contributed by atoms with Gasteiger partial charge in [-0.15, -0.1) is 0 Å². The summed E-state index contributed by atoms with van der Waals surface area (Å²) >= 11 is 0. The summed E-state index contributed by atoms with van der Waals surface area (Å²) in [4.78, 5) is 0. The summed E-state index contributed by atoms with van der Waals surface area (Å²) in [6.45, 7) is 7.73. The van der Waals surface area contributed by atoms with Gasteiger partial charge in [0.1, 0.15) is 15.6 Å². The van der Waals surface area contributed by atoms with Gasteiger partial charge < -0.3 is 10.1 Å². The number of rotatable bonds is 9. The van der Waals surface area contributed by atoms with Crippen LogP contribution in [0.3, 0.4) is 0 Å². The van der Waals surface area contributed by atoms with Crippen LogP contribution in [0.5, 0.6) is 5.75 Å². The summed E-state index contributed by atoms with van der Waals surface area (Å²) in [5.41, 5.74) is 1.17. The molecule has 1 aromatic rings. The Labute approximate surface area is 128 Å². The van der Waals surface area contributed by atoms with Gasteiger partial charge in [0.2, 0.25) is 0 Å². The van der Waals surface area contributed by atoms with Crippen LogP contribution in [0, 0.1) is 5.92 Å². The molecule has 0 bridgehead atoms. The van der Waals surface area contributed by atoms with E-state index in [9.17, 15) is 8.42 Å². The first-order chi connectivity index (χ1) is 9.78. The second-order valence-corrected chi connectivity index (χ2v) is 8.19. The molecule has 0 aromatic heterocycles. The molecular formula is C16H27NO3S. The molecule has 0 aliphatic heterocycles. The van der Waals surface area contributed by atoms with Crippen LogP contribution in [0.15, 0.2) is 24.3 Å². The van der Waals surface area contributed by atoms with E-state index in [4.69, 9.17) is 4.74 Å². The molecule has 120 valence electrons. The van der Waals surface area contributed by atoms with Crippen LogP contribution in [-0.4, -0.2) is 33.6 Å². The number of hydrogen-bond acceptors (Lipinski definition) is 4. The molecule has 0 heterocycles. The molecule has 0 saturated heterocycles. The number of benzene rings is 1. The van der Waals surface area contributed by atoms with Gasteiger partial charge in [-0.2, -0.15) is 0 Å². The van der Waals surface area contributed by atoms with E-state index in [1.807, 2.05) is 24.3 Å². The summed E-state index contributed by atoms with van der Waals surface area (Å²) in [6.07, 6.45) is 1.91. The van der Waals surface area contributed by atoms with Crippen LogP contribution in [0.1, 0.15) is 38.8 Å². The molecule has 4 nitrogen and oxygen atoms in total. The smallest absolute Gasteiger partial charge is 0.147 e. The Morgan fingerprint density at radius 3 is 2.29 bits per heavy atom. The molecule has 0 spiro atoms. The molecule has 1 N–H and O–H groups in total. The van der Waals surface area contributed by atoms with Crippen LogP contribution >= 0.6 is 0 Å². The zero-order chi connectivity index (χ0) is 15.9. The Kier molecular flexibility index (Phi) is 7.18. The highest BCUT2D eigenvalue weighted by Crippen LogP contribution is 2.18. The van der Waals surface area contributed by atoms with E-state index in [2.05, 4.69) is 26.1 Å². The summed E-state index contributed by atoms with van der Waals surface area (Å²) in [5.74, 6) is 1.63. The molecule has 0 amide bonds. The van der Waals surface area contributed by atoms with Crippen LogP contribution in [0.2, 0.25) is 0 Å². The van der Waals surface area contributed by atoms with Gasteiger partial charge in [0.05, 0.1) is 12.4 Å². The van der Waals surface area contributed by atoms with Gasteiger partial charge in [-0.25, -0.2) is 8.42 Å². The largest absolute Gasteiger partial charge is 0.493 e. The number of sulfone groups is 1. The fourth-order valence-electron chi connectivity index (χ4n) is 1.89. The van der Waals surface area contributed by atoms with Crippen LogP contribution < -0.4 is 10.1 Å². The van der Waals surface area contributed by atoms with Crippen molar-refractivity contribution in [1.82, 2.24) is 5.32 Å². The molecule has 0 aliphatic carbocycles. The average Bonchev–Trinajstić information content (AvgIpc) is 2.40. The fourth-order valence-corrected chi connectivity index (χ4v) is 2.56. The number of hydrogen-bond donors (Lipinski definition) is 1. The van der Waals surface area contributed by atoms with Gasteiger partial charge >= 0.3 is 0 Å². The lowest BCUT2D eigenvalue weighted by molar-refractivity contribution is 0.271. The number of ether oxygens (including phenoxy) is 1.